The number of aliphatic carboxylic acids is 1. The number of halogens is 1. The highest BCUT2D eigenvalue weighted by molar-refractivity contribution is 7.13. The number of carbonyl (C=O) groups is 3. The third-order valence-corrected chi connectivity index (χ3v) is 7.53. The van der Waals surface area contributed by atoms with Gasteiger partial charge in [0.15, 0.2) is 0 Å². The van der Waals surface area contributed by atoms with Crippen LogP contribution < -0.4 is 9.80 Å². The average molecular weight is 499 g/mol. The minimum absolute atomic E-state index is 0.0745. The van der Waals surface area contributed by atoms with Crippen LogP contribution in [0.4, 0.5) is 11.5 Å². The number of hydrogen-bond donors (Lipinski definition) is 1. The quantitative estimate of drug-likeness (QED) is 0.521. The molecule has 0 radical (unpaired) electrons. The maximum absolute atomic E-state index is 12.3. The number of imide groups is 1. The molecule has 0 bridgehead atoms. The third kappa shape index (κ3) is 4.38. The second-order valence-corrected chi connectivity index (χ2v) is 9.74. The van der Waals surface area contributed by atoms with Gasteiger partial charge in [-0.25, -0.2) is 4.90 Å². The Balaban J connectivity index is 1.21. The zero-order valence-corrected chi connectivity index (χ0v) is 19.9. The second kappa shape index (κ2) is 9.32. The van der Waals surface area contributed by atoms with Gasteiger partial charge >= 0.3 is 5.97 Å². The molecular formula is C24H23ClN4O4S. The van der Waals surface area contributed by atoms with Crippen LogP contribution in [0.3, 0.4) is 0 Å². The lowest BCUT2D eigenvalue weighted by Crippen LogP contribution is -2.47. The predicted octanol–water partition coefficient (Wildman–Crippen LogP) is 3.20. The number of hydrogen-bond acceptors (Lipinski definition) is 7. The van der Waals surface area contributed by atoms with E-state index in [1.807, 2.05) is 18.2 Å². The number of carboxylic acid groups (broad SMARTS) is 1. The molecule has 3 aromatic rings. The lowest BCUT2D eigenvalue weighted by atomic mass is 10.1. The molecule has 5 rings (SSSR count). The lowest BCUT2D eigenvalue weighted by Gasteiger charge is -2.35. The first-order valence-corrected chi connectivity index (χ1v) is 12.3. The summed E-state index contributed by atoms with van der Waals surface area (Å²) in [7, 11) is 0. The minimum Gasteiger partial charge on any atom is -0.481 e. The molecule has 10 heteroatoms. The highest BCUT2D eigenvalue weighted by atomic mass is 35.5. The Morgan fingerprint density at radius 1 is 1.12 bits per heavy atom. The van der Waals surface area contributed by atoms with E-state index in [9.17, 15) is 14.4 Å². The highest BCUT2D eigenvalue weighted by Crippen LogP contribution is 2.35. The van der Waals surface area contributed by atoms with Crippen LogP contribution in [0.25, 0.3) is 10.1 Å². The minimum atomic E-state index is -1.27. The van der Waals surface area contributed by atoms with E-state index in [1.54, 1.807) is 6.07 Å². The SMILES string of the molecule is O=C(O)CC(=O)N1C(=O)Cc2cc(CCN3CCN(c4nsc5ccccc45)CC3)c(Cl)cc21. The van der Waals surface area contributed by atoms with Gasteiger partial charge in [0.2, 0.25) is 11.8 Å². The fourth-order valence-corrected chi connectivity index (χ4v) is 5.67. The standard InChI is InChI=1S/C24H23ClN4O4S/c25-18-13-19-16(12-21(30)29(19)22(31)14-23(32)33)11-15(18)5-6-27-7-9-28(10-8-27)24-17-3-1-2-4-20(17)34-26-24/h1-4,11,13H,5-10,12,14H2,(H,32,33). The number of amides is 2. The maximum Gasteiger partial charge on any atom is 0.312 e. The summed E-state index contributed by atoms with van der Waals surface area (Å²) in [5, 5.41) is 10.6. The molecule has 34 heavy (non-hydrogen) atoms. The summed E-state index contributed by atoms with van der Waals surface area (Å²) in [6.07, 6.45) is 0.0708. The maximum atomic E-state index is 12.3. The van der Waals surface area contributed by atoms with Crippen molar-refractivity contribution in [3.63, 3.8) is 0 Å². The van der Waals surface area contributed by atoms with Crippen molar-refractivity contribution in [2.45, 2.75) is 19.3 Å². The van der Waals surface area contributed by atoms with Crippen LogP contribution in [-0.2, 0) is 27.2 Å². The van der Waals surface area contributed by atoms with E-state index in [2.05, 4.69) is 26.3 Å². The summed E-state index contributed by atoms with van der Waals surface area (Å²) in [5.41, 5.74) is 2.03. The van der Waals surface area contributed by atoms with Crippen molar-refractivity contribution in [1.29, 1.82) is 0 Å². The van der Waals surface area contributed by atoms with E-state index in [0.29, 0.717) is 16.3 Å². The van der Waals surface area contributed by atoms with E-state index < -0.39 is 24.2 Å². The summed E-state index contributed by atoms with van der Waals surface area (Å²) >= 11 is 8.03. The van der Waals surface area contributed by atoms with Gasteiger partial charge in [-0.05, 0) is 47.3 Å². The van der Waals surface area contributed by atoms with Gasteiger partial charge in [0.25, 0.3) is 0 Å². The number of aromatic nitrogens is 1. The van der Waals surface area contributed by atoms with Crippen LogP contribution in [-0.4, -0.2) is 64.9 Å². The highest BCUT2D eigenvalue weighted by Gasteiger charge is 2.34. The molecule has 1 fully saturated rings. The summed E-state index contributed by atoms with van der Waals surface area (Å²) in [4.78, 5) is 41.1. The molecule has 0 atom stereocenters. The first-order chi connectivity index (χ1) is 16.4. The molecule has 2 aliphatic heterocycles. The molecule has 8 nitrogen and oxygen atoms in total. The fourth-order valence-electron chi connectivity index (χ4n) is 4.62. The number of rotatable bonds is 6. The molecule has 2 aromatic carbocycles. The van der Waals surface area contributed by atoms with E-state index in [4.69, 9.17) is 16.7 Å². The zero-order chi connectivity index (χ0) is 23.8. The normalized spacial score (nSPS) is 16.3. The van der Waals surface area contributed by atoms with Crippen molar-refractivity contribution < 1.29 is 19.5 Å². The predicted molar refractivity (Wildman–Crippen MR) is 132 cm³/mol. The van der Waals surface area contributed by atoms with Gasteiger partial charge < -0.3 is 10.0 Å². The second-order valence-electron chi connectivity index (χ2n) is 8.52. The molecular weight excluding hydrogens is 476 g/mol. The summed E-state index contributed by atoms with van der Waals surface area (Å²) < 4.78 is 5.87. The molecule has 1 saturated heterocycles. The molecule has 1 N–H and O–H groups in total. The van der Waals surface area contributed by atoms with E-state index in [1.165, 1.54) is 21.6 Å². The number of carbonyl (C=O) groups excluding carboxylic acids is 2. The van der Waals surface area contributed by atoms with Gasteiger partial charge in [0, 0.05) is 43.1 Å². The Hall–Kier alpha value is -3.01. The van der Waals surface area contributed by atoms with E-state index in [-0.39, 0.29) is 6.42 Å². The van der Waals surface area contributed by atoms with Gasteiger partial charge in [-0.15, -0.1) is 0 Å². The first kappa shape index (κ1) is 22.8. The molecule has 0 spiro atoms. The third-order valence-electron chi connectivity index (χ3n) is 6.36. The van der Waals surface area contributed by atoms with Crippen molar-refractivity contribution in [3.8, 4) is 0 Å². The number of anilines is 2. The van der Waals surface area contributed by atoms with Gasteiger partial charge in [-0.1, -0.05) is 29.8 Å². The molecule has 2 aliphatic rings. The number of piperazine rings is 1. The Kier molecular flexibility index (Phi) is 6.24. The van der Waals surface area contributed by atoms with Gasteiger partial charge in [-0.3, -0.25) is 19.3 Å². The van der Waals surface area contributed by atoms with Crippen molar-refractivity contribution in [3.05, 3.63) is 52.5 Å². The van der Waals surface area contributed by atoms with Crippen molar-refractivity contribution >= 4 is 62.5 Å². The van der Waals surface area contributed by atoms with Crippen LogP contribution in [0.15, 0.2) is 36.4 Å². The number of benzene rings is 2. The van der Waals surface area contributed by atoms with Gasteiger partial charge in [0.05, 0.1) is 16.8 Å². The Morgan fingerprint density at radius 2 is 1.88 bits per heavy atom. The van der Waals surface area contributed by atoms with Crippen LogP contribution in [0.5, 0.6) is 0 Å². The number of carboxylic acids is 1. The van der Waals surface area contributed by atoms with Crippen LogP contribution >= 0.6 is 23.1 Å². The number of fused-ring (bicyclic) bond motifs is 2. The molecule has 0 saturated carbocycles. The molecule has 1 aromatic heterocycles. The van der Waals surface area contributed by atoms with Crippen LogP contribution in [0, 0.1) is 0 Å². The van der Waals surface area contributed by atoms with E-state index >= 15 is 0 Å². The molecule has 3 heterocycles. The smallest absolute Gasteiger partial charge is 0.312 e. The Labute approximate surface area is 205 Å². The van der Waals surface area contributed by atoms with E-state index in [0.717, 1.165) is 55.4 Å². The van der Waals surface area contributed by atoms with Crippen molar-refractivity contribution in [2.75, 3.05) is 42.5 Å². The largest absolute Gasteiger partial charge is 0.481 e. The van der Waals surface area contributed by atoms with Crippen LogP contribution in [0.1, 0.15) is 17.5 Å². The fraction of sp³-hybridized carbons (Fsp3) is 0.333. The molecule has 2 amide bonds. The van der Waals surface area contributed by atoms with Gasteiger partial charge in [-0.2, -0.15) is 4.37 Å². The summed E-state index contributed by atoms with van der Waals surface area (Å²) in [6, 6.07) is 11.8. The summed E-state index contributed by atoms with van der Waals surface area (Å²) in [6.45, 7) is 4.48. The summed E-state index contributed by atoms with van der Waals surface area (Å²) in [5.74, 6) is -1.36. The monoisotopic (exact) mass is 498 g/mol. The number of nitrogens with zero attached hydrogens (tertiary/aromatic N) is 4. The molecule has 0 unspecified atom stereocenters. The first-order valence-electron chi connectivity index (χ1n) is 11.1. The molecule has 0 aliphatic carbocycles. The van der Waals surface area contributed by atoms with Gasteiger partial charge in [0.1, 0.15) is 12.2 Å². The Bertz CT molecular complexity index is 1290. The molecule has 176 valence electrons. The van der Waals surface area contributed by atoms with Crippen LogP contribution in [0.2, 0.25) is 5.02 Å². The lowest BCUT2D eigenvalue weighted by molar-refractivity contribution is -0.140. The van der Waals surface area contributed by atoms with Crippen molar-refractivity contribution in [2.24, 2.45) is 0 Å². The zero-order valence-electron chi connectivity index (χ0n) is 18.4. The van der Waals surface area contributed by atoms with Crippen molar-refractivity contribution in [1.82, 2.24) is 9.27 Å². The Morgan fingerprint density at radius 3 is 2.65 bits per heavy atom. The topological polar surface area (TPSA) is 94.0 Å². The average Bonchev–Trinajstić information content (AvgIpc) is 3.37.